The minimum atomic E-state index is -0.232. The second kappa shape index (κ2) is 8.47. The van der Waals surface area contributed by atoms with Crippen molar-refractivity contribution in [1.82, 2.24) is 4.90 Å². The topological polar surface area (TPSA) is 77.6 Å². The van der Waals surface area contributed by atoms with Gasteiger partial charge in [0.05, 0.1) is 37.8 Å². The van der Waals surface area contributed by atoms with Crippen LogP contribution in [-0.4, -0.2) is 48.9 Å². The van der Waals surface area contributed by atoms with E-state index in [0.717, 1.165) is 18.0 Å². The molecule has 0 radical (unpaired) electrons. The molecule has 3 rings (SSSR count). The van der Waals surface area contributed by atoms with E-state index in [0.29, 0.717) is 29.9 Å². The molecule has 1 heterocycles. The second-order valence-electron chi connectivity index (χ2n) is 6.72. The van der Waals surface area contributed by atoms with Crippen LogP contribution in [0.3, 0.4) is 0 Å². The van der Waals surface area contributed by atoms with E-state index in [-0.39, 0.29) is 17.9 Å². The molecule has 1 fully saturated rings. The lowest BCUT2D eigenvalue weighted by atomic mass is 10.1. The first-order valence-electron chi connectivity index (χ1n) is 9.08. The average Bonchev–Trinajstić information content (AvgIpc) is 2.73. The second-order valence-corrected chi connectivity index (χ2v) is 6.72. The summed E-state index contributed by atoms with van der Waals surface area (Å²) in [6.07, 6.45) is 0. The molecule has 1 aliphatic heterocycles. The van der Waals surface area contributed by atoms with Gasteiger partial charge in [-0.25, -0.2) is 0 Å². The number of quaternary nitrogens is 1. The predicted octanol–water partition coefficient (Wildman–Crippen LogP) is 0.926. The number of benzene rings is 2. The highest BCUT2D eigenvalue weighted by Crippen LogP contribution is 2.10. The Bertz CT molecular complexity index is 852. The Morgan fingerprint density at radius 3 is 2.48 bits per heavy atom. The van der Waals surface area contributed by atoms with Crippen molar-refractivity contribution >= 4 is 17.5 Å². The Kier molecular flexibility index (Phi) is 5.84. The maximum atomic E-state index is 12.6. The molecule has 0 bridgehead atoms. The van der Waals surface area contributed by atoms with Gasteiger partial charge in [0.25, 0.3) is 11.8 Å². The van der Waals surface area contributed by atoms with Crippen LogP contribution in [0.25, 0.3) is 0 Å². The van der Waals surface area contributed by atoms with Crippen molar-refractivity contribution in [2.45, 2.75) is 13.0 Å². The largest absolute Gasteiger partial charge is 0.327 e. The van der Waals surface area contributed by atoms with Crippen LogP contribution in [0.15, 0.2) is 54.6 Å². The monoisotopic (exact) mass is 363 g/mol. The lowest BCUT2D eigenvalue weighted by molar-refractivity contribution is -0.917. The van der Waals surface area contributed by atoms with Crippen molar-refractivity contribution < 1.29 is 14.5 Å². The summed E-state index contributed by atoms with van der Waals surface area (Å²) >= 11 is 0. The number of rotatable bonds is 4. The lowest BCUT2D eigenvalue weighted by Crippen LogP contribution is -3.19. The number of hydrogen-bond acceptors (Lipinski definition) is 3. The Balaban J connectivity index is 1.55. The van der Waals surface area contributed by atoms with Crippen LogP contribution in [0.2, 0.25) is 0 Å². The van der Waals surface area contributed by atoms with Gasteiger partial charge in [-0.3, -0.25) is 9.59 Å². The number of nitrogens with zero attached hydrogens (tertiary/aromatic N) is 2. The van der Waals surface area contributed by atoms with E-state index in [4.69, 9.17) is 5.26 Å². The number of amides is 2. The first kappa shape index (κ1) is 18.6. The van der Waals surface area contributed by atoms with Crippen molar-refractivity contribution in [2.24, 2.45) is 0 Å². The number of nitriles is 1. The SMILES string of the molecule is C[C@H](C(=O)Nc1cccc(C#N)c1)[NH+]1CCN(C(=O)c2ccccc2)CC1. The molecule has 0 spiro atoms. The van der Waals surface area contributed by atoms with E-state index < -0.39 is 0 Å². The van der Waals surface area contributed by atoms with Gasteiger partial charge in [0.1, 0.15) is 0 Å². The summed E-state index contributed by atoms with van der Waals surface area (Å²) in [5.41, 5.74) is 1.84. The third kappa shape index (κ3) is 4.52. The molecule has 2 aromatic carbocycles. The molecular formula is C21H23N4O2+. The summed E-state index contributed by atoms with van der Waals surface area (Å²) in [7, 11) is 0. The van der Waals surface area contributed by atoms with Gasteiger partial charge in [-0.2, -0.15) is 5.26 Å². The fourth-order valence-electron chi connectivity index (χ4n) is 3.30. The number of hydrogen-bond donors (Lipinski definition) is 2. The van der Waals surface area contributed by atoms with Gasteiger partial charge >= 0.3 is 0 Å². The summed E-state index contributed by atoms with van der Waals surface area (Å²) in [6.45, 7) is 4.61. The lowest BCUT2D eigenvalue weighted by Gasteiger charge is -2.34. The molecule has 138 valence electrons. The molecule has 1 atom stereocenters. The maximum Gasteiger partial charge on any atom is 0.282 e. The molecule has 1 aliphatic rings. The number of anilines is 1. The number of nitrogens with one attached hydrogen (secondary N) is 2. The molecule has 0 aliphatic carbocycles. The van der Waals surface area contributed by atoms with Gasteiger partial charge in [0, 0.05) is 11.3 Å². The van der Waals surface area contributed by atoms with E-state index in [1.165, 1.54) is 0 Å². The zero-order valence-electron chi connectivity index (χ0n) is 15.3. The normalized spacial score (nSPS) is 15.6. The number of piperazine rings is 1. The smallest absolute Gasteiger partial charge is 0.282 e. The minimum Gasteiger partial charge on any atom is -0.327 e. The molecule has 2 N–H and O–H groups in total. The molecule has 1 saturated heterocycles. The van der Waals surface area contributed by atoms with Crippen LogP contribution < -0.4 is 10.2 Å². The highest BCUT2D eigenvalue weighted by Gasteiger charge is 2.31. The van der Waals surface area contributed by atoms with Crippen LogP contribution in [0, 0.1) is 11.3 Å². The summed E-state index contributed by atoms with van der Waals surface area (Å²) in [4.78, 5) is 28.1. The maximum absolute atomic E-state index is 12.6. The van der Waals surface area contributed by atoms with Crippen molar-refractivity contribution in [1.29, 1.82) is 5.26 Å². The van der Waals surface area contributed by atoms with Crippen molar-refractivity contribution in [3.05, 3.63) is 65.7 Å². The van der Waals surface area contributed by atoms with Crippen molar-refractivity contribution in [3.8, 4) is 6.07 Å². The van der Waals surface area contributed by atoms with Crippen LogP contribution in [-0.2, 0) is 4.79 Å². The third-order valence-corrected chi connectivity index (χ3v) is 4.98. The first-order chi connectivity index (χ1) is 13.1. The molecule has 2 aromatic rings. The first-order valence-corrected chi connectivity index (χ1v) is 9.08. The molecule has 6 heteroatoms. The number of carbonyl (C=O) groups excluding carboxylic acids is 2. The van der Waals surface area contributed by atoms with E-state index in [9.17, 15) is 9.59 Å². The molecule has 0 saturated carbocycles. The van der Waals surface area contributed by atoms with Gasteiger partial charge in [-0.15, -0.1) is 0 Å². The molecule has 0 aromatic heterocycles. The summed E-state index contributed by atoms with van der Waals surface area (Å²) < 4.78 is 0. The van der Waals surface area contributed by atoms with Gasteiger partial charge in [0.15, 0.2) is 6.04 Å². The Hall–Kier alpha value is -3.17. The Morgan fingerprint density at radius 1 is 1.11 bits per heavy atom. The Morgan fingerprint density at radius 2 is 1.81 bits per heavy atom. The standard InChI is InChI=1S/C21H22N4O2/c1-16(20(26)23-19-9-5-6-17(14-19)15-22)24-10-12-25(13-11-24)21(27)18-7-3-2-4-8-18/h2-9,14,16H,10-13H2,1H3,(H,23,26)/p+1/t16-/m1/s1. The summed E-state index contributed by atoms with van der Waals surface area (Å²) in [5, 5.41) is 11.8. The summed E-state index contributed by atoms with van der Waals surface area (Å²) in [6, 6.07) is 18.0. The summed E-state index contributed by atoms with van der Waals surface area (Å²) in [5.74, 6) is -0.0389. The molecular weight excluding hydrogens is 340 g/mol. The van der Waals surface area contributed by atoms with E-state index in [1.807, 2.05) is 42.2 Å². The molecule has 6 nitrogen and oxygen atoms in total. The van der Waals surface area contributed by atoms with E-state index in [2.05, 4.69) is 11.4 Å². The van der Waals surface area contributed by atoms with Crippen molar-refractivity contribution in [2.75, 3.05) is 31.5 Å². The molecule has 2 amide bonds. The fourth-order valence-corrected chi connectivity index (χ4v) is 3.30. The molecule has 0 unspecified atom stereocenters. The highest BCUT2D eigenvalue weighted by atomic mass is 16.2. The number of carbonyl (C=O) groups is 2. The van der Waals surface area contributed by atoms with Gasteiger partial charge in [-0.1, -0.05) is 24.3 Å². The van der Waals surface area contributed by atoms with E-state index in [1.54, 1.807) is 24.3 Å². The Labute approximate surface area is 159 Å². The van der Waals surface area contributed by atoms with Gasteiger partial charge < -0.3 is 15.1 Å². The van der Waals surface area contributed by atoms with Crippen LogP contribution in [0.5, 0.6) is 0 Å². The van der Waals surface area contributed by atoms with E-state index >= 15 is 0 Å². The van der Waals surface area contributed by atoms with Crippen molar-refractivity contribution in [3.63, 3.8) is 0 Å². The van der Waals surface area contributed by atoms with Crippen LogP contribution in [0.4, 0.5) is 5.69 Å². The fraction of sp³-hybridized carbons (Fsp3) is 0.286. The predicted molar refractivity (Wildman–Crippen MR) is 102 cm³/mol. The van der Waals surface area contributed by atoms with Gasteiger partial charge in [0.2, 0.25) is 0 Å². The molecule has 27 heavy (non-hydrogen) atoms. The van der Waals surface area contributed by atoms with Crippen LogP contribution >= 0.6 is 0 Å². The average molecular weight is 363 g/mol. The third-order valence-electron chi connectivity index (χ3n) is 4.98. The van der Waals surface area contributed by atoms with Gasteiger partial charge in [-0.05, 0) is 37.3 Å². The minimum absolute atomic E-state index is 0.0417. The highest BCUT2D eigenvalue weighted by molar-refractivity contribution is 5.94. The quantitative estimate of drug-likeness (QED) is 0.848. The van der Waals surface area contributed by atoms with Crippen LogP contribution in [0.1, 0.15) is 22.8 Å². The zero-order chi connectivity index (χ0) is 19.2. The zero-order valence-corrected chi connectivity index (χ0v) is 15.3.